The molecule has 2 aromatic rings. The van der Waals surface area contributed by atoms with E-state index >= 15 is 0 Å². The number of anilines is 1. The smallest absolute Gasteiger partial charge is 0.288 e. The van der Waals surface area contributed by atoms with Crippen molar-refractivity contribution in [3.63, 3.8) is 0 Å². The number of carbonyl (C=O) groups is 1. The van der Waals surface area contributed by atoms with Crippen molar-refractivity contribution in [2.75, 3.05) is 24.7 Å². The van der Waals surface area contributed by atoms with E-state index in [0.717, 1.165) is 44.5 Å². The lowest BCUT2D eigenvalue weighted by Crippen LogP contribution is -2.37. The molecule has 3 fully saturated rings. The SMILES string of the molecule is O=C(NC1=C/[N+](=C\C2CCC(CO)CC2)N=C1C(F)F)c1cnn2ccc(N3C[C@@H]4C[C@H]3CO4)nc12. The van der Waals surface area contributed by atoms with Gasteiger partial charge in [-0.15, -0.1) is 0 Å². The third-order valence-corrected chi connectivity index (χ3v) is 7.52. The lowest BCUT2D eigenvalue weighted by atomic mass is 9.83. The lowest BCUT2D eigenvalue weighted by molar-refractivity contribution is -0.456. The fourth-order valence-corrected chi connectivity index (χ4v) is 5.52. The number of aromatic nitrogens is 3. The van der Waals surface area contributed by atoms with Crippen LogP contribution in [0.15, 0.2) is 35.5 Å². The first kappa shape index (κ1) is 23.2. The number of hydrogen-bond acceptors (Lipinski definition) is 7. The van der Waals surface area contributed by atoms with Crippen molar-refractivity contribution in [1.29, 1.82) is 0 Å². The second-order valence-corrected chi connectivity index (χ2v) is 9.88. The zero-order valence-corrected chi connectivity index (χ0v) is 19.6. The Labute approximate surface area is 205 Å². The normalized spacial score (nSPS) is 28.9. The van der Waals surface area contributed by atoms with Gasteiger partial charge in [0.25, 0.3) is 12.3 Å². The van der Waals surface area contributed by atoms with E-state index in [2.05, 4.69) is 25.4 Å². The number of aliphatic hydroxyl groups is 1. The number of rotatable bonds is 6. The van der Waals surface area contributed by atoms with Crippen LogP contribution in [0, 0.1) is 11.8 Å². The fraction of sp³-hybridized carbons (Fsp3) is 0.542. The van der Waals surface area contributed by atoms with E-state index in [-0.39, 0.29) is 35.9 Å². The molecular weight excluding hydrogens is 472 g/mol. The van der Waals surface area contributed by atoms with Crippen molar-refractivity contribution in [2.24, 2.45) is 16.9 Å². The van der Waals surface area contributed by atoms with E-state index in [1.165, 1.54) is 21.6 Å². The van der Waals surface area contributed by atoms with Crippen LogP contribution in [-0.4, -0.2) is 80.6 Å². The van der Waals surface area contributed by atoms with Crippen molar-refractivity contribution in [3.8, 4) is 0 Å². The van der Waals surface area contributed by atoms with Gasteiger partial charge >= 0.3 is 0 Å². The highest BCUT2D eigenvalue weighted by molar-refractivity contribution is 6.09. The number of nitrogens with one attached hydrogen (secondary N) is 1. The highest BCUT2D eigenvalue weighted by Gasteiger charge is 2.40. The van der Waals surface area contributed by atoms with Gasteiger partial charge in [-0.05, 0) is 44.1 Å². The zero-order chi connectivity index (χ0) is 24.8. The Bertz CT molecular complexity index is 1270. The molecule has 5 heterocycles. The first-order chi connectivity index (χ1) is 17.5. The van der Waals surface area contributed by atoms with Crippen LogP contribution in [0.1, 0.15) is 42.5 Å². The van der Waals surface area contributed by atoms with E-state index in [1.807, 2.05) is 12.3 Å². The van der Waals surface area contributed by atoms with Gasteiger partial charge < -0.3 is 20.1 Å². The summed E-state index contributed by atoms with van der Waals surface area (Å²) in [6.07, 6.45) is 8.17. The maximum Gasteiger partial charge on any atom is 0.288 e. The van der Waals surface area contributed by atoms with Gasteiger partial charge in [0.1, 0.15) is 17.1 Å². The Kier molecular flexibility index (Phi) is 6.00. The molecule has 0 spiro atoms. The minimum Gasteiger partial charge on any atom is -0.396 e. The van der Waals surface area contributed by atoms with Gasteiger partial charge in [-0.3, -0.25) is 4.79 Å². The molecule has 0 aromatic carbocycles. The van der Waals surface area contributed by atoms with Gasteiger partial charge in [-0.2, -0.15) is 5.10 Å². The molecular formula is C24H28F2N7O3+. The first-order valence-electron chi connectivity index (χ1n) is 12.4. The summed E-state index contributed by atoms with van der Waals surface area (Å²) in [4.78, 5) is 20.0. The average molecular weight is 501 g/mol. The molecule has 1 amide bonds. The molecule has 36 heavy (non-hydrogen) atoms. The molecule has 10 nitrogen and oxygen atoms in total. The third-order valence-electron chi connectivity index (χ3n) is 7.52. The van der Waals surface area contributed by atoms with E-state index in [0.29, 0.717) is 18.2 Å². The Morgan fingerprint density at radius 3 is 2.86 bits per heavy atom. The number of fused-ring (bicyclic) bond motifs is 3. The van der Waals surface area contributed by atoms with Crippen LogP contribution in [0.2, 0.25) is 0 Å². The predicted octanol–water partition coefficient (Wildman–Crippen LogP) is 1.79. The molecule has 2 saturated heterocycles. The molecule has 12 heteroatoms. The average Bonchev–Trinajstić information content (AvgIpc) is 3.67. The minimum absolute atomic E-state index is 0.0419. The van der Waals surface area contributed by atoms with Crippen LogP contribution < -0.4 is 10.2 Å². The number of nitrogens with zero attached hydrogens (tertiary/aromatic N) is 6. The lowest BCUT2D eigenvalue weighted by Gasteiger charge is -2.27. The number of morpholine rings is 1. The monoisotopic (exact) mass is 500 g/mol. The largest absolute Gasteiger partial charge is 0.396 e. The van der Waals surface area contributed by atoms with Crippen LogP contribution >= 0.6 is 0 Å². The fourth-order valence-electron chi connectivity index (χ4n) is 5.52. The van der Waals surface area contributed by atoms with Crippen LogP contribution in [0.4, 0.5) is 14.6 Å². The summed E-state index contributed by atoms with van der Waals surface area (Å²) in [7, 11) is 0. The number of aliphatic hydroxyl groups excluding tert-OH is 1. The van der Waals surface area contributed by atoms with Crippen molar-refractivity contribution in [1.82, 2.24) is 19.9 Å². The number of ether oxygens (including phenoxy) is 1. The summed E-state index contributed by atoms with van der Waals surface area (Å²) < 4.78 is 36.0. The number of halogens is 2. The van der Waals surface area contributed by atoms with Crippen LogP contribution in [0.25, 0.3) is 5.65 Å². The predicted molar refractivity (Wildman–Crippen MR) is 126 cm³/mol. The summed E-state index contributed by atoms with van der Waals surface area (Å²) in [5, 5.41) is 20.1. The highest BCUT2D eigenvalue weighted by atomic mass is 19.3. The molecule has 1 saturated carbocycles. The molecule has 4 aliphatic rings. The summed E-state index contributed by atoms with van der Waals surface area (Å²) in [5.74, 6) is 0.633. The second-order valence-electron chi connectivity index (χ2n) is 9.88. The minimum atomic E-state index is -2.85. The number of alkyl halides is 2. The molecule has 2 N–H and O–H groups in total. The third kappa shape index (κ3) is 4.28. The molecule has 2 aromatic heterocycles. The van der Waals surface area contributed by atoms with Gasteiger partial charge in [-0.1, -0.05) is 4.68 Å². The highest BCUT2D eigenvalue weighted by Crippen LogP contribution is 2.32. The zero-order valence-electron chi connectivity index (χ0n) is 19.6. The Hall–Kier alpha value is -3.25. The molecule has 2 bridgehead atoms. The number of hydrogen-bond donors (Lipinski definition) is 2. The summed E-state index contributed by atoms with van der Waals surface area (Å²) in [6.45, 7) is 1.58. The van der Waals surface area contributed by atoms with Crippen LogP contribution in [0.3, 0.4) is 0 Å². The second kappa shape index (κ2) is 9.32. The van der Waals surface area contributed by atoms with E-state index < -0.39 is 18.0 Å². The van der Waals surface area contributed by atoms with Gasteiger partial charge in [0, 0.05) is 30.4 Å². The maximum absolute atomic E-state index is 13.7. The van der Waals surface area contributed by atoms with Crippen molar-refractivity contribution in [3.05, 3.63) is 35.9 Å². The topological polar surface area (TPSA) is 107 Å². The molecule has 3 aliphatic heterocycles. The number of hydrazone groups is 1. The summed E-state index contributed by atoms with van der Waals surface area (Å²) in [6, 6.07) is 2.12. The number of carbonyl (C=O) groups excluding carboxylic acids is 1. The van der Waals surface area contributed by atoms with Gasteiger partial charge in [-0.25, -0.2) is 18.3 Å². The Morgan fingerprint density at radius 2 is 2.17 bits per heavy atom. The van der Waals surface area contributed by atoms with Crippen molar-refractivity contribution < 1.29 is 28.1 Å². The van der Waals surface area contributed by atoms with E-state index in [4.69, 9.17) is 4.74 Å². The number of allylic oxidation sites excluding steroid dienone is 1. The van der Waals surface area contributed by atoms with Gasteiger partial charge in [0.2, 0.25) is 11.9 Å². The summed E-state index contributed by atoms with van der Waals surface area (Å²) in [5.41, 5.74) is 0.0188. The van der Waals surface area contributed by atoms with Gasteiger partial charge in [0.05, 0.1) is 24.9 Å². The summed E-state index contributed by atoms with van der Waals surface area (Å²) >= 11 is 0. The Morgan fingerprint density at radius 1 is 1.33 bits per heavy atom. The molecule has 6 rings (SSSR count). The van der Waals surface area contributed by atoms with Gasteiger partial charge in [0.15, 0.2) is 11.9 Å². The Balaban J connectivity index is 1.21. The van der Waals surface area contributed by atoms with E-state index in [1.54, 1.807) is 6.20 Å². The maximum atomic E-state index is 13.7. The molecule has 0 radical (unpaired) electrons. The molecule has 190 valence electrons. The standard InChI is InChI=1S/C24H27F2N7O3/c25-22(26)21-19(11-31(30-21)9-14-1-3-15(12-34)4-2-14)28-24(35)18-8-27-33-6-5-20(29-23(18)33)32-10-17-7-16(32)13-36-17/h5-6,8-9,11,14-17,22,34H,1-4,7,10,12-13H2/p+1/b31-9+/t14?,15?,16-,17-/m0/s1. The van der Waals surface area contributed by atoms with Crippen molar-refractivity contribution >= 4 is 29.3 Å². The van der Waals surface area contributed by atoms with Crippen LogP contribution in [0.5, 0.6) is 0 Å². The first-order valence-corrected chi connectivity index (χ1v) is 12.4. The van der Waals surface area contributed by atoms with E-state index in [9.17, 15) is 18.7 Å². The van der Waals surface area contributed by atoms with Crippen LogP contribution in [-0.2, 0) is 4.74 Å². The number of amides is 1. The molecule has 0 unspecified atom stereocenters. The van der Waals surface area contributed by atoms with Crippen molar-refractivity contribution in [2.45, 2.75) is 50.7 Å². The quantitative estimate of drug-likeness (QED) is 0.586. The molecule has 1 aliphatic carbocycles. The molecule has 2 atom stereocenters.